The number of allylic oxidation sites excluding steroid dienone is 2. The molecule has 10 heavy (non-hydrogen) atoms. The highest BCUT2D eigenvalue weighted by atomic mass is 79.9. The van der Waals surface area contributed by atoms with Gasteiger partial charge < -0.3 is 0 Å². The molecule has 0 heterocycles. The Kier molecular flexibility index (Phi) is 3.27. The Bertz CT molecular complexity index is 135. The third-order valence-corrected chi connectivity index (χ3v) is 0.922. The molecule has 0 radical (unpaired) electrons. The highest BCUT2D eigenvalue weighted by Gasteiger charge is 2.31. The van der Waals surface area contributed by atoms with Gasteiger partial charge in [-0.25, -0.2) is 13.2 Å². The van der Waals surface area contributed by atoms with Gasteiger partial charge in [0.15, 0.2) is 5.83 Å². The van der Waals surface area contributed by atoms with Gasteiger partial charge in [0, 0.05) is 6.08 Å². The highest BCUT2D eigenvalue weighted by molar-refractivity contribution is 9.10. The Hall–Kier alpha value is -0.130. The van der Waals surface area contributed by atoms with Gasteiger partial charge in [0.2, 0.25) is 0 Å². The molecule has 0 aliphatic heterocycles. The van der Waals surface area contributed by atoms with Gasteiger partial charge >= 0.3 is 4.83 Å². The number of hydrogen-bond donors (Lipinski definition) is 0. The van der Waals surface area contributed by atoms with Crippen LogP contribution in [0.25, 0.3) is 0 Å². The predicted octanol–water partition coefficient (Wildman–Crippen LogP) is 3.09. The lowest BCUT2D eigenvalue weighted by Crippen LogP contribution is -2.06. The molecule has 0 unspecified atom stereocenters. The van der Waals surface area contributed by atoms with Crippen LogP contribution in [0.2, 0.25) is 0 Å². The van der Waals surface area contributed by atoms with Gasteiger partial charge in [-0.15, -0.1) is 0 Å². The van der Waals surface area contributed by atoms with E-state index >= 15 is 0 Å². The molecule has 0 saturated heterocycles. The summed E-state index contributed by atoms with van der Waals surface area (Å²) in [6.07, 6.45) is -3.67. The fourth-order valence-electron chi connectivity index (χ4n) is 0.205. The van der Waals surface area contributed by atoms with Gasteiger partial charge in [0.05, 0.1) is 0 Å². The maximum Gasteiger partial charge on any atom is 0.352 e. The van der Waals surface area contributed by atoms with E-state index in [1.54, 1.807) is 15.9 Å². The summed E-state index contributed by atoms with van der Waals surface area (Å²) in [5.74, 6) is -2.18. The maximum atomic E-state index is 11.7. The summed E-state index contributed by atoms with van der Waals surface area (Å²) in [6.45, 7) is 0. The average molecular weight is 225 g/mol. The molecule has 0 saturated carbocycles. The largest absolute Gasteiger partial charge is 0.352 e. The summed E-state index contributed by atoms with van der Waals surface area (Å²) in [6, 6.07) is 0. The summed E-state index contributed by atoms with van der Waals surface area (Å²) in [7, 11) is 0. The van der Waals surface area contributed by atoms with E-state index in [2.05, 4.69) is 0 Å². The Balaban J connectivity index is 4.20. The molecule has 0 atom stereocenters. The van der Waals surface area contributed by atoms with E-state index in [0.29, 0.717) is 0 Å². The first kappa shape index (κ1) is 9.87. The maximum absolute atomic E-state index is 11.7. The molecule has 60 valence electrons. The molecule has 0 aliphatic carbocycles. The molecule has 0 fully saturated rings. The minimum Gasteiger partial charge on any atom is -0.206 e. The fourth-order valence-corrected chi connectivity index (χ4v) is 0.337. The smallest absolute Gasteiger partial charge is 0.206 e. The van der Waals surface area contributed by atoms with Crippen LogP contribution < -0.4 is 0 Å². The Morgan fingerprint density at radius 2 is 1.80 bits per heavy atom. The first-order valence-corrected chi connectivity index (χ1v) is 2.86. The van der Waals surface area contributed by atoms with Crippen LogP contribution in [0.1, 0.15) is 0 Å². The van der Waals surface area contributed by atoms with Gasteiger partial charge in [-0.1, -0.05) is 0 Å². The van der Waals surface area contributed by atoms with E-state index in [1.807, 2.05) is 0 Å². The summed E-state index contributed by atoms with van der Waals surface area (Å²) in [5.41, 5.74) is 0. The van der Waals surface area contributed by atoms with E-state index in [-0.39, 0.29) is 0 Å². The fraction of sp³-hybridized carbons (Fsp3) is 0.500. The molecule has 0 spiro atoms. The molecule has 6 heteroatoms. The Morgan fingerprint density at radius 1 is 1.40 bits per heavy atom. The van der Waals surface area contributed by atoms with Crippen LogP contribution in [0.15, 0.2) is 11.9 Å². The number of alkyl halides is 5. The minimum atomic E-state index is -3.98. The molecule has 0 aromatic rings. The van der Waals surface area contributed by atoms with Crippen molar-refractivity contribution >= 4 is 15.9 Å². The van der Waals surface area contributed by atoms with Crippen molar-refractivity contribution < 1.29 is 22.0 Å². The Morgan fingerprint density at radius 3 is 1.90 bits per heavy atom. The van der Waals surface area contributed by atoms with E-state index in [0.717, 1.165) is 0 Å². The van der Waals surface area contributed by atoms with Gasteiger partial charge in [-0.2, -0.15) is 8.78 Å². The zero-order valence-corrected chi connectivity index (χ0v) is 6.01. The lowest BCUT2D eigenvalue weighted by Gasteiger charge is -2.03. The number of rotatable bonds is 2. The molecule has 0 bridgehead atoms. The predicted molar refractivity (Wildman–Crippen MR) is 29.1 cm³/mol. The van der Waals surface area contributed by atoms with Crippen molar-refractivity contribution in [1.29, 1.82) is 0 Å². The van der Waals surface area contributed by atoms with Crippen molar-refractivity contribution in [3.8, 4) is 0 Å². The minimum absolute atomic E-state index is 0.464. The SMILES string of the molecule is FC(=CC(F)F)C(F)(F)Br. The van der Waals surface area contributed by atoms with Crippen LogP contribution in [0.3, 0.4) is 0 Å². The van der Waals surface area contributed by atoms with Crippen molar-refractivity contribution in [2.24, 2.45) is 0 Å². The lowest BCUT2D eigenvalue weighted by molar-refractivity contribution is 0.119. The van der Waals surface area contributed by atoms with Crippen molar-refractivity contribution in [2.75, 3.05) is 0 Å². The van der Waals surface area contributed by atoms with E-state index in [9.17, 15) is 22.0 Å². The average Bonchev–Trinajstić information content (AvgIpc) is 1.60. The molecule has 0 nitrogen and oxygen atoms in total. The van der Waals surface area contributed by atoms with Crippen molar-refractivity contribution in [2.45, 2.75) is 11.3 Å². The first-order valence-electron chi connectivity index (χ1n) is 2.06. The van der Waals surface area contributed by atoms with Gasteiger partial charge in [-0.05, 0) is 15.9 Å². The quantitative estimate of drug-likeness (QED) is 0.500. The lowest BCUT2D eigenvalue weighted by atomic mass is 10.5. The normalized spacial score (nSPS) is 14.5. The van der Waals surface area contributed by atoms with E-state index in [4.69, 9.17) is 0 Å². The van der Waals surface area contributed by atoms with Crippen molar-refractivity contribution in [3.63, 3.8) is 0 Å². The molecule has 0 aromatic heterocycles. The van der Waals surface area contributed by atoms with Gasteiger partial charge in [0.1, 0.15) is 0 Å². The van der Waals surface area contributed by atoms with E-state index in [1.165, 1.54) is 0 Å². The third kappa shape index (κ3) is 3.81. The second-order valence-corrected chi connectivity index (χ2v) is 2.34. The van der Waals surface area contributed by atoms with Crippen LogP contribution in [0.5, 0.6) is 0 Å². The molecule has 0 rings (SSSR count). The molecule has 0 aliphatic rings. The number of halogens is 6. The molecular weight excluding hydrogens is 223 g/mol. The van der Waals surface area contributed by atoms with Gasteiger partial charge in [-0.3, -0.25) is 0 Å². The zero-order chi connectivity index (χ0) is 8.36. The zero-order valence-electron chi connectivity index (χ0n) is 4.42. The monoisotopic (exact) mass is 224 g/mol. The van der Waals surface area contributed by atoms with Crippen LogP contribution in [-0.2, 0) is 0 Å². The highest BCUT2D eigenvalue weighted by Crippen LogP contribution is 2.32. The van der Waals surface area contributed by atoms with Crippen LogP contribution in [0, 0.1) is 0 Å². The molecule has 0 amide bonds. The standard InChI is InChI=1S/C4H2BrF5/c5-4(9,10)2(6)1-3(7)8/h1,3H. The third-order valence-electron chi connectivity index (χ3n) is 0.543. The second kappa shape index (κ2) is 3.32. The van der Waals surface area contributed by atoms with Crippen molar-refractivity contribution in [3.05, 3.63) is 11.9 Å². The Labute approximate surface area is 61.8 Å². The summed E-state index contributed by atoms with van der Waals surface area (Å²) in [4.78, 5) is -3.98. The second-order valence-electron chi connectivity index (χ2n) is 1.35. The molecular formula is C4H2BrF5. The molecule has 0 N–H and O–H groups in total. The molecule has 0 aromatic carbocycles. The van der Waals surface area contributed by atoms with Crippen LogP contribution >= 0.6 is 15.9 Å². The first-order chi connectivity index (χ1) is 4.34. The van der Waals surface area contributed by atoms with Crippen molar-refractivity contribution in [1.82, 2.24) is 0 Å². The van der Waals surface area contributed by atoms with E-state index < -0.39 is 23.2 Å². The van der Waals surface area contributed by atoms with Gasteiger partial charge in [0.25, 0.3) is 6.43 Å². The van der Waals surface area contributed by atoms with Crippen LogP contribution in [0.4, 0.5) is 22.0 Å². The topological polar surface area (TPSA) is 0 Å². The summed E-state index contributed by atoms with van der Waals surface area (Å²) < 4.78 is 57.3. The summed E-state index contributed by atoms with van der Waals surface area (Å²) in [5, 5.41) is 0. The summed E-state index contributed by atoms with van der Waals surface area (Å²) >= 11 is 1.56. The van der Waals surface area contributed by atoms with Crippen LogP contribution in [-0.4, -0.2) is 11.3 Å². The number of hydrogen-bond acceptors (Lipinski definition) is 0.